The van der Waals surface area contributed by atoms with Gasteiger partial charge >= 0.3 is 12.1 Å². The third-order valence-electron chi connectivity index (χ3n) is 3.50. The molecule has 0 saturated heterocycles. The zero-order valence-corrected chi connectivity index (χ0v) is 16.6. The molecule has 0 N–H and O–H groups in total. The summed E-state index contributed by atoms with van der Waals surface area (Å²) in [4.78, 5) is 29.9. The van der Waals surface area contributed by atoms with Crippen LogP contribution in [0, 0.1) is 10.1 Å². The Morgan fingerprint density at radius 2 is 1.97 bits per heavy atom. The first-order valence-corrected chi connectivity index (χ1v) is 8.44. The maximum absolute atomic E-state index is 12.7. The van der Waals surface area contributed by atoms with Crippen LogP contribution >= 0.6 is 11.6 Å². The summed E-state index contributed by atoms with van der Waals surface area (Å²) in [5.74, 6) is -1.58. The number of nitrogens with zero attached hydrogens (tertiary/aromatic N) is 3. The number of benzene rings is 1. The van der Waals surface area contributed by atoms with Gasteiger partial charge in [-0.05, 0) is 17.3 Å². The number of aromatic nitrogens is 1. The maximum atomic E-state index is 12.7. The SMILES string of the molecule is COC(=O)CO/N=C(\OC)c1cc(Oc2ncc(C(F)(F)F)cc2Cl)ccc1[N+](=O)[O-]. The summed E-state index contributed by atoms with van der Waals surface area (Å²) in [6.07, 6.45) is -4.13. The molecule has 0 saturated carbocycles. The molecule has 1 heterocycles. The number of carbonyl (C=O) groups is 1. The van der Waals surface area contributed by atoms with E-state index in [0.717, 1.165) is 26.4 Å². The predicted molar refractivity (Wildman–Crippen MR) is 98.9 cm³/mol. The monoisotopic (exact) mass is 463 g/mol. The van der Waals surface area contributed by atoms with Crippen molar-refractivity contribution in [1.82, 2.24) is 4.98 Å². The van der Waals surface area contributed by atoms with E-state index in [4.69, 9.17) is 25.9 Å². The van der Waals surface area contributed by atoms with Gasteiger partial charge in [-0.1, -0.05) is 11.6 Å². The normalized spacial score (nSPS) is 11.6. The van der Waals surface area contributed by atoms with Crippen LogP contribution in [0.2, 0.25) is 5.02 Å². The summed E-state index contributed by atoms with van der Waals surface area (Å²) in [7, 11) is 2.27. The molecule has 0 radical (unpaired) electrons. The highest BCUT2D eigenvalue weighted by Gasteiger charge is 2.32. The van der Waals surface area contributed by atoms with Gasteiger partial charge in [0, 0.05) is 18.3 Å². The average molecular weight is 464 g/mol. The summed E-state index contributed by atoms with van der Waals surface area (Å²) >= 11 is 5.80. The molecule has 1 aromatic carbocycles. The number of nitro groups is 1. The summed E-state index contributed by atoms with van der Waals surface area (Å²) in [6.45, 7) is -0.585. The van der Waals surface area contributed by atoms with E-state index in [0.29, 0.717) is 12.3 Å². The van der Waals surface area contributed by atoms with Crippen molar-refractivity contribution in [3.05, 3.63) is 56.7 Å². The minimum Gasteiger partial charge on any atom is -0.478 e. The first kappa shape index (κ1) is 23.7. The number of hydrogen-bond acceptors (Lipinski definition) is 9. The lowest BCUT2D eigenvalue weighted by atomic mass is 10.1. The fourth-order valence-electron chi connectivity index (χ4n) is 2.08. The minimum absolute atomic E-state index is 0.0764. The molecule has 14 heteroatoms. The Labute approximate surface area is 177 Å². The molecule has 0 aliphatic heterocycles. The van der Waals surface area contributed by atoms with Crippen LogP contribution in [-0.4, -0.2) is 42.6 Å². The van der Waals surface area contributed by atoms with E-state index in [1.807, 2.05) is 0 Å². The van der Waals surface area contributed by atoms with Crippen molar-refractivity contribution >= 4 is 29.2 Å². The van der Waals surface area contributed by atoms with Gasteiger partial charge in [0.2, 0.25) is 12.5 Å². The van der Waals surface area contributed by atoms with Gasteiger partial charge in [-0.25, -0.2) is 9.78 Å². The number of methoxy groups -OCH3 is 2. The van der Waals surface area contributed by atoms with E-state index in [1.54, 1.807) is 0 Å². The molecule has 0 unspecified atom stereocenters. The van der Waals surface area contributed by atoms with E-state index < -0.39 is 39.9 Å². The molecule has 0 spiro atoms. The Morgan fingerprint density at radius 1 is 1.26 bits per heavy atom. The van der Waals surface area contributed by atoms with Gasteiger partial charge in [-0.3, -0.25) is 10.1 Å². The van der Waals surface area contributed by atoms with Crippen LogP contribution in [0.4, 0.5) is 18.9 Å². The van der Waals surface area contributed by atoms with Gasteiger partial charge in [0.15, 0.2) is 0 Å². The van der Waals surface area contributed by atoms with Crippen LogP contribution in [0.1, 0.15) is 11.1 Å². The Morgan fingerprint density at radius 3 is 2.52 bits per heavy atom. The van der Waals surface area contributed by atoms with Gasteiger partial charge in [0.05, 0.1) is 24.7 Å². The Kier molecular flexibility index (Phi) is 7.58. The van der Waals surface area contributed by atoms with E-state index in [1.165, 1.54) is 6.07 Å². The molecular weight excluding hydrogens is 451 g/mol. The fraction of sp³-hybridized carbons (Fsp3) is 0.235. The zero-order valence-electron chi connectivity index (χ0n) is 15.8. The van der Waals surface area contributed by atoms with Crippen LogP contribution < -0.4 is 4.74 Å². The lowest BCUT2D eigenvalue weighted by Gasteiger charge is -2.11. The van der Waals surface area contributed by atoms with E-state index in [-0.39, 0.29) is 23.1 Å². The molecule has 0 aliphatic rings. The molecule has 0 aliphatic carbocycles. The molecule has 2 aromatic rings. The van der Waals surface area contributed by atoms with E-state index in [2.05, 4.69) is 14.9 Å². The number of esters is 1. The molecule has 2 rings (SSSR count). The Balaban J connectivity index is 2.38. The fourth-order valence-corrected chi connectivity index (χ4v) is 2.28. The van der Waals surface area contributed by atoms with Gasteiger partial charge in [-0.15, -0.1) is 0 Å². The molecule has 0 atom stereocenters. The van der Waals surface area contributed by atoms with Gasteiger partial charge < -0.3 is 19.0 Å². The number of carbonyl (C=O) groups excluding carboxylic acids is 1. The van der Waals surface area contributed by atoms with Crippen molar-refractivity contribution in [2.24, 2.45) is 5.16 Å². The molecule has 0 amide bonds. The topological polar surface area (TPSA) is 122 Å². The second kappa shape index (κ2) is 9.93. The van der Waals surface area contributed by atoms with Gasteiger partial charge in [0.25, 0.3) is 11.6 Å². The Bertz CT molecular complexity index is 1010. The number of pyridine rings is 1. The number of oxime groups is 1. The number of hydrogen-bond donors (Lipinski definition) is 0. The third kappa shape index (κ3) is 6.18. The minimum atomic E-state index is -4.65. The first-order chi connectivity index (χ1) is 14.6. The summed E-state index contributed by atoms with van der Waals surface area (Å²) in [5, 5.41) is 14.4. The molecular formula is C17H13ClF3N3O7. The van der Waals surface area contributed by atoms with Crippen LogP contribution in [0.5, 0.6) is 11.6 Å². The van der Waals surface area contributed by atoms with Crippen molar-refractivity contribution in [3.63, 3.8) is 0 Å². The van der Waals surface area contributed by atoms with Gasteiger partial charge in [0.1, 0.15) is 16.3 Å². The van der Waals surface area contributed by atoms with Crippen molar-refractivity contribution in [2.75, 3.05) is 20.8 Å². The third-order valence-corrected chi connectivity index (χ3v) is 3.77. The van der Waals surface area contributed by atoms with E-state index in [9.17, 15) is 28.1 Å². The molecule has 10 nitrogen and oxygen atoms in total. The molecule has 0 bridgehead atoms. The number of alkyl halides is 3. The van der Waals surface area contributed by atoms with Crippen molar-refractivity contribution in [3.8, 4) is 11.6 Å². The van der Waals surface area contributed by atoms with Crippen LogP contribution in [0.3, 0.4) is 0 Å². The summed E-state index contributed by atoms with van der Waals surface area (Å²) in [5.41, 5.74) is -1.75. The standard InChI is InChI=1S/C17H13ClF3N3O7/c1-28-14(25)8-30-23-15(29-2)11-6-10(3-4-13(11)24(26)27)31-16-12(18)5-9(7-22-16)17(19,20)21/h3-7H,8H2,1-2H3/b23-15-. The zero-order chi connectivity index (χ0) is 23.2. The quantitative estimate of drug-likeness (QED) is 0.199. The average Bonchev–Trinajstić information content (AvgIpc) is 2.71. The van der Waals surface area contributed by atoms with Crippen molar-refractivity contribution in [1.29, 1.82) is 0 Å². The van der Waals surface area contributed by atoms with Gasteiger partial charge in [-0.2, -0.15) is 13.2 Å². The molecule has 0 fully saturated rings. The molecule has 1 aromatic heterocycles. The second-order valence-electron chi connectivity index (χ2n) is 5.50. The number of ether oxygens (including phenoxy) is 3. The highest BCUT2D eigenvalue weighted by molar-refractivity contribution is 6.31. The van der Waals surface area contributed by atoms with Crippen molar-refractivity contribution in [2.45, 2.75) is 6.18 Å². The predicted octanol–water partition coefficient (Wildman–Crippen LogP) is 3.95. The molecule has 31 heavy (non-hydrogen) atoms. The second-order valence-corrected chi connectivity index (χ2v) is 5.90. The summed E-state index contributed by atoms with van der Waals surface area (Å²) in [6, 6.07) is 3.94. The number of nitro benzene ring substituents is 1. The number of rotatable bonds is 7. The van der Waals surface area contributed by atoms with Crippen LogP contribution in [0.15, 0.2) is 35.6 Å². The largest absolute Gasteiger partial charge is 0.478 e. The highest BCUT2D eigenvalue weighted by atomic mass is 35.5. The number of halogens is 4. The maximum Gasteiger partial charge on any atom is 0.417 e. The molecule has 166 valence electrons. The lowest BCUT2D eigenvalue weighted by Crippen LogP contribution is -2.12. The van der Waals surface area contributed by atoms with E-state index >= 15 is 0 Å². The first-order valence-electron chi connectivity index (χ1n) is 8.07. The highest BCUT2D eigenvalue weighted by Crippen LogP contribution is 2.35. The summed E-state index contributed by atoms with van der Waals surface area (Å²) < 4.78 is 52.9. The smallest absolute Gasteiger partial charge is 0.417 e. The Hall–Kier alpha value is -3.61. The van der Waals surface area contributed by atoms with Crippen LogP contribution in [0.25, 0.3) is 0 Å². The lowest BCUT2D eigenvalue weighted by molar-refractivity contribution is -0.385. The van der Waals surface area contributed by atoms with Crippen molar-refractivity contribution < 1.29 is 41.9 Å². The van der Waals surface area contributed by atoms with Crippen LogP contribution in [-0.2, 0) is 25.3 Å².